The summed E-state index contributed by atoms with van der Waals surface area (Å²) in [5.41, 5.74) is -1.21. The summed E-state index contributed by atoms with van der Waals surface area (Å²) in [6.07, 6.45) is 1.78. The minimum atomic E-state index is -1.21. The van der Waals surface area contributed by atoms with E-state index in [1.807, 2.05) is 6.07 Å². The fraction of sp³-hybridized carbons (Fsp3) is 0.692. The standard InChI is InChI=1S/C13H17NO4/c1-2-18-12(17)7-10(15)8-13(9-14)6-4-3-5-11(13)16/h2-8H2,1H3. The van der Waals surface area contributed by atoms with Gasteiger partial charge in [-0.2, -0.15) is 5.26 Å². The van der Waals surface area contributed by atoms with Gasteiger partial charge in [-0.25, -0.2) is 0 Å². The number of hydrogen-bond donors (Lipinski definition) is 0. The summed E-state index contributed by atoms with van der Waals surface area (Å²) in [5, 5.41) is 9.16. The van der Waals surface area contributed by atoms with Gasteiger partial charge in [-0.15, -0.1) is 0 Å². The first-order chi connectivity index (χ1) is 8.54. The number of hydrogen-bond acceptors (Lipinski definition) is 5. The Kier molecular flexibility index (Phi) is 5.02. The summed E-state index contributed by atoms with van der Waals surface area (Å²) in [4.78, 5) is 34.7. The molecule has 0 bridgehead atoms. The van der Waals surface area contributed by atoms with Crippen LogP contribution in [0.3, 0.4) is 0 Å². The lowest BCUT2D eigenvalue weighted by Crippen LogP contribution is -2.35. The molecule has 0 aromatic heterocycles. The lowest BCUT2D eigenvalue weighted by atomic mass is 9.71. The molecule has 1 fully saturated rings. The van der Waals surface area contributed by atoms with Gasteiger partial charge >= 0.3 is 5.97 Å². The first-order valence-electron chi connectivity index (χ1n) is 6.16. The van der Waals surface area contributed by atoms with Crippen LogP contribution in [-0.2, 0) is 19.1 Å². The first kappa shape index (κ1) is 14.4. The molecule has 0 radical (unpaired) electrons. The molecule has 0 saturated heterocycles. The lowest BCUT2D eigenvalue weighted by Gasteiger charge is -2.28. The van der Waals surface area contributed by atoms with Crippen molar-refractivity contribution in [2.45, 2.75) is 45.4 Å². The number of ether oxygens (including phenoxy) is 1. The Balaban J connectivity index is 2.63. The summed E-state index contributed by atoms with van der Waals surface area (Å²) in [6.45, 7) is 1.87. The number of nitrogens with zero attached hydrogens (tertiary/aromatic N) is 1. The molecule has 0 heterocycles. The van der Waals surface area contributed by atoms with Crippen LogP contribution in [0.5, 0.6) is 0 Å². The van der Waals surface area contributed by atoms with Crippen molar-refractivity contribution < 1.29 is 19.1 Å². The maximum atomic E-state index is 11.8. The van der Waals surface area contributed by atoms with Crippen molar-refractivity contribution in [3.8, 4) is 6.07 Å². The van der Waals surface area contributed by atoms with Crippen molar-refractivity contribution in [1.82, 2.24) is 0 Å². The third-order valence-corrected chi connectivity index (χ3v) is 3.15. The number of esters is 1. The second kappa shape index (κ2) is 6.29. The van der Waals surface area contributed by atoms with Gasteiger partial charge in [0, 0.05) is 12.8 Å². The third kappa shape index (κ3) is 3.39. The zero-order chi connectivity index (χ0) is 13.6. The van der Waals surface area contributed by atoms with Crippen molar-refractivity contribution >= 4 is 17.5 Å². The maximum absolute atomic E-state index is 11.8. The van der Waals surface area contributed by atoms with Gasteiger partial charge in [0.25, 0.3) is 0 Å². The van der Waals surface area contributed by atoms with E-state index in [-0.39, 0.29) is 25.2 Å². The van der Waals surface area contributed by atoms with E-state index in [1.54, 1.807) is 6.92 Å². The molecule has 1 aliphatic carbocycles. The number of rotatable bonds is 5. The summed E-state index contributed by atoms with van der Waals surface area (Å²) in [6, 6.07) is 1.98. The number of Topliss-reactive ketones (excluding diaryl/α,β-unsaturated/α-hetero) is 2. The highest BCUT2D eigenvalue weighted by Crippen LogP contribution is 2.36. The highest BCUT2D eigenvalue weighted by atomic mass is 16.5. The summed E-state index contributed by atoms with van der Waals surface area (Å²) in [7, 11) is 0. The third-order valence-electron chi connectivity index (χ3n) is 3.15. The topological polar surface area (TPSA) is 84.2 Å². The van der Waals surface area contributed by atoms with Crippen molar-refractivity contribution in [2.75, 3.05) is 6.61 Å². The van der Waals surface area contributed by atoms with Crippen LogP contribution in [-0.4, -0.2) is 24.1 Å². The van der Waals surface area contributed by atoms with Crippen molar-refractivity contribution in [1.29, 1.82) is 5.26 Å². The minimum absolute atomic E-state index is 0.166. The number of nitriles is 1. The highest BCUT2D eigenvalue weighted by Gasteiger charge is 2.42. The predicted molar refractivity (Wildman–Crippen MR) is 62.4 cm³/mol. The molecule has 1 rings (SSSR count). The molecule has 1 atom stereocenters. The summed E-state index contributed by atoms with van der Waals surface area (Å²) in [5.74, 6) is -1.17. The molecule has 0 spiro atoms. The first-order valence-corrected chi connectivity index (χ1v) is 6.16. The fourth-order valence-electron chi connectivity index (χ4n) is 2.21. The van der Waals surface area contributed by atoms with Crippen LogP contribution in [0.25, 0.3) is 0 Å². The fourth-order valence-corrected chi connectivity index (χ4v) is 2.21. The molecule has 5 nitrogen and oxygen atoms in total. The van der Waals surface area contributed by atoms with Gasteiger partial charge in [0.2, 0.25) is 0 Å². The molecule has 0 aromatic carbocycles. The van der Waals surface area contributed by atoms with Crippen LogP contribution in [0.2, 0.25) is 0 Å². The monoisotopic (exact) mass is 251 g/mol. The molecule has 0 N–H and O–H groups in total. The maximum Gasteiger partial charge on any atom is 0.313 e. The Morgan fingerprint density at radius 2 is 2.17 bits per heavy atom. The molecule has 0 aliphatic heterocycles. The molecule has 1 aliphatic rings. The van der Waals surface area contributed by atoms with Crippen LogP contribution >= 0.6 is 0 Å². The minimum Gasteiger partial charge on any atom is -0.466 e. The summed E-state index contributed by atoms with van der Waals surface area (Å²) < 4.78 is 4.67. The Bertz CT molecular complexity index is 396. The Morgan fingerprint density at radius 1 is 1.44 bits per heavy atom. The molecule has 0 amide bonds. The van der Waals surface area contributed by atoms with Crippen molar-refractivity contribution in [3.05, 3.63) is 0 Å². The highest BCUT2D eigenvalue weighted by molar-refractivity contribution is 6.00. The van der Waals surface area contributed by atoms with Crippen LogP contribution in [0.1, 0.15) is 45.4 Å². The van der Waals surface area contributed by atoms with E-state index in [0.29, 0.717) is 12.8 Å². The van der Waals surface area contributed by atoms with Crippen LogP contribution < -0.4 is 0 Å². The second-order valence-electron chi connectivity index (χ2n) is 4.52. The van der Waals surface area contributed by atoms with Gasteiger partial charge in [-0.1, -0.05) is 6.42 Å². The SMILES string of the molecule is CCOC(=O)CC(=O)CC1(C#N)CCCCC1=O. The Morgan fingerprint density at radius 3 is 2.72 bits per heavy atom. The van der Waals surface area contributed by atoms with E-state index >= 15 is 0 Å². The van der Waals surface area contributed by atoms with Gasteiger partial charge in [0.05, 0.1) is 12.7 Å². The largest absolute Gasteiger partial charge is 0.466 e. The zero-order valence-corrected chi connectivity index (χ0v) is 10.5. The Hall–Kier alpha value is -1.70. The van der Waals surface area contributed by atoms with Gasteiger partial charge in [0.15, 0.2) is 5.78 Å². The molecule has 1 unspecified atom stereocenters. The normalized spacial score (nSPS) is 23.2. The van der Waals surface area contributed by atoms with Crippen LogP contribution in [0.15, 0.2) is 0 Å². The van der Waals surface area contributed by atoms with Gasteiger partial charge in [-0.05, 0) is 19.8 Å². The number of ketones is 2. The van der Waals surface area contributed by atoms with E-state index in [0.717, 1.165) is 12.8 Å². The molecule has 5 heteroatoms. The number of carbonyl (C=O) groups is 3. The van der Waals surface area contributed by atoms with Gasteiger partial charge < -0.3 is 4.74 Å². The Labute approximate surface area is 106 Å². The second-order valence-corrected chi connectivity index (χ2v) is 4.52. The predicted octanol–water partition coefficient (Wildman–Crippen LogP) is 1.55. The average Bonchev–Trinajstić information content (AvgIpc) is 2.32. The quantitative estimate of drug-likeness (QED) is 0.546. The van der Waals surface area contributed by atoms with E-state index in [1.165, 1.54) is 0 Å². The van der Waals surface area contributed by atoms with Crippen LogP contribution in [0.4, 0.5) is 0 Å². The zero-order valence-electron chi connectivity index (χ0n) is 10.5. The molecule has 18 heavy (non-hydrogen) atoms. The molecule has 1 saturated carbocycles. The van der Waals surface area contributed by atoms with E-state index in [2.05, 4.69) is 4.74 Å². The van der Waals surface area contributed by atoms with Gasteiger partial charge in [0.1, 0.15) is 17.6 Å². The van der Waals surface area contributed by atoms with Crippen molar-refractivity contribution in [2.24, 2.45) is 5.41 Å². The van der Waals surface area contributed by atoms with E-state index < -0.39 is 17.2 Å². The number of carbonyl (C=O) groups excluding carboxylic acids is 3. The van der Waals surface area contributed by atoms with Crippen LogP contribution in [0, 0.1) is 16.7 Å². The van der Waals surface area contributed by atoms with Gasteiger partial charge in [-0.3, -0.25) is 14.4 Å². The molecular formula is C13H17NO4. The van der Waals surface area contributed by atoms with E-state index in [9.17, 15) is 14.4 Å². The van der Waals surface area contributed by atoms with E-state index in [4.69, 9.17) is 5.26 Å². The molecular weight excluding hydrogens is 234 g/mol. The molecule has 98 valence electrons. The average molecular weight is 251 g/mol. The lowest BCUT2D eigenvalue weighted by molar-refractivity contribution is -0.146. The van der Waals surface area contributed by atoms with Crippen molar-refractivity contribution in [3.63, 3.8) is 0 Å². The smallest absolute Gasteiger partial charge is 0.313 e. The summed E-state index contributed by atoms with van der Waals surface area (Å²) >= 11 is 0. The molecule has 0 aromatic rings.